The summed E-state index contributed by atoms with van der Waals surface area (Å²) in [4.78, 5) is 7.94. The van der Waals surface area contributed by atoms with Crippen LogP contribution in [0.5, 0.6) is 11.6 Å². The minimum atomic E-state index is -0.502. The summed E-state index contributed by atoms with van der Waals surface area (Å²) in [6.07, 6.45) is 0. The molecule has 1 aromatic heterocycles. The number of benzene rings is 1. The standard InChI is InChI=1S/C11H9ClFN3O/c1-6-15-10(14)5-11(16-6)17-7-2-3-9(13)8(12)4-7/h2-5H,1H3,(H2,14,15,16). The number of anilines is 1. The molecule has 17 heavy (non-hydrogen) atoms. The van der Waals surface area contributed by atoms with Crippen molar-refractivity contribution in [2.75, 3.05) is 5.73 Å². The smallest absolute Gasteiger partial charge is 0.224 e. The van der Waals surface area contributed by atoms with E-state index in [0.717, 1.165) is 0 Å². The van der Waals surface area contributed by atoms with Crippen molar-refractivity contribution in [3.63, 3.8) is 0 Å². The van der Waals surface area contributed by atoms with Gasteiger partial charge in [0.2, 0.25) is 5.88 Å². The second-order valence-corrected chi connectivity index (χ2v) is 3.76. The van der Waals surface area contributed by atoms with E-state index < -0.39 is 5.82 Å². The molecule has 0 spiro atoms. The molecule has 0 atom stereocenters. The zero-order chi connectivity index (χ0) is 12.4. The number of hydrogen-bond donors (Lipinski definition) is 1. The molecule has 0 amide bonds. The zero-order valence-corrected chi connectivity index (χ0v) is 9.70. The van der Waals surface area contributed by atoms with E-state index in [2.05, 4.69) is 9.97 Å². The van der Waals surface area contributed by atoms with Gasteiger partial charge in [0.05, 0.1) is 5.02 Å². The van der Waals surface area contributed by atoms with E-state index in [-0.39, 0.29) is 10.9 Å². The van der Waals surface area contributed by atoms with Crippen LogP contribution in [-0.2, 0) is 0 Å². The minimum Gasteiger partial charge on any atom is -0.439 e. The van der Waals surface area contributed by atoms with Gasteiger partial charge in [-0.2, -0.15) is 4.98 Å². The summed E-state index contributed by atoms with van der Waals surface area (Å²) in [5.74, 6) is 0.970. The van der Waals surface area contributed by atoms with Crippen molar-refractivity contribution >= 4 is 17.4 Å². The summed E-state index contributed by atoms with van der Waals surface area (Å²) >= 11 is 5.63. The molecule has 1 aromatic carbocycles. The van der Waals surface area contributed by atoms with Gasteiger partial charge in [-0.1, -0.05) is 11.6 Å². The molecule has 0 aliphatic carbocycles. The molecule has 0 unspecified atom stereocenters. The predicted molar refractivity (Wildman–Crippen MR) is 62.7 cm³/mol. The van der Waals surface area contributed by atoms with Crippen LogP contribution in [0.25, 0.3) is 0 Å². The summed E-state index contributed by atoms with van der Waals surface area (Å²) in [7, 11) is 0. The first-order valence-corrected chi connectivity index (χ1v) is 5.16. The largest absolute Gasteiger partial charge is 0.439 e. The monoisotopic (exact) mass is 253 g/mol. The molecule has 2 N–H and O–H groups in total. The highest BCUT2D eigenvalue weighted by molar-refractivity contribution is 6.30. The molecular formula is C11H9ClFN3O. The van der Waals surface area contributed by atoms with Crippen molar-refractivity contribution in [1.82, 2.24) is 9.97 Å². The number of aromatic nitrogens is 2. The normalized spacial score (nSPS) is 10.3. The molecule has 0 radical (unpaired) electrons. The van der Waals surface area contributed by atoms with Crippen LogP contribution in [-0.4, -0.2) is 9.97 Å². The van der Waals surface area contributed by atoms with E-state index in [1.54, 1.807) is 6.92 Å². The molecule has 0 bridgehead atoms. The predicted octanol–water partition coefficient (Wildman–Crippen LogP) is 2.95. The molecule has 88 valence electrons. The Balaban J connectivity index is 2.28. The number of hydrogen-bond acceptors (Lipinski definition) is 4. The summed E-state index contributed by atoms with van der Waals surface area (Å²) < 4.78 is 18.3. The van der Waals surface area contributed by atoms with Crippen molar-refractivity contribution in [2.45, 2.75) is 6.92 Å². The average Bonchev–Trinajstić information content (AvgIpc) is 2.22. The number of nitrogen functional groups attached to an aromatic ring is 1. The Bertz CT molecular complexity index is 542. The number of aryl methyl sites for hydroxylation is 1. The first-order chi connectivity index (χ1) is 8.04. The number of nitrogens with two attached hydrogens (primary N) is 1. The molecular weight excluding hydrogens is 245 g/mol. The Hall–Kier alpha value is -1.88. The zero-order valence-electron chi connectivity index (χ0n) is 8.95. The second-order valence-electron chi connectivity index (χ2n) is 3.36. The fourth-order valence-corrected chi connectivity index (χ4v) is 1.45. The highest BCUT2D eigenvalue weighted by Gasteiger charge is 2.05. The lowest BCUT2D eigenvalue weighted by molar-refractivity contribution is 0.459. The Morgan fingerprint density at radius 1 is 1.29 bits per heavy atom. The Labute approximate surface area is 102 Å². The quantitative estimate of drug-likeness (QED) is 0.894. The van der Waals surface area contributed by atoms with Crippen LogP contribution in [0, 0.1) is 12.7 Å². The molecule has 1 heterocycles. The third-order valence-electron chi connectivity index (χ3n) is 1.95. The second kappa shape index (κ2) is 4.55. The third-order valence-corrected chi connectivity index (χ3v) is 2.24. The van der Waals surface area contributed by atoms with E-state index in [1.165, 1.54) is 24.3 Å². The third kappa shape index (κ3) is 2.82. The van der Waals surface area contributed by atoms with Crippen LogP contribution < -0.4 is 10.5 Å². The van der Waals surface area contributed by atoms with Crippen molar-refractivity contribution in [3.05, 3.63) is 40.9 Å². The number of halogens is 2. The Kier molecular flexibility index (Phi) is 3.10. The molecule has 2 rings (SSSR count). The van der Waals surface area contributed by atoms with E-state index in [4.69, 9.17) is 22.1 Å². The van der Waals surface area contributed by atoms with Gasteiger partial charge in [0.15, 0.2) is 0 Å². The first kappa shape index (κ1) is 11.6. The minimum absolute atomic E-state index is 0.0127. The van der Waals surface area contributed by atoms with Gasteiger partial charge in [-0.3, -0.25) is 0 Å². The number of rotatable bonds is 2. The summed E-state index contributed by atoms with van der Waals surface area (Å²) in [5.41, 5.74) is 5.55. The van der Waals surface area contributed by atoms with Crippen LogP contribution in [0.4, 0.5) is 10.2 Å². The molecule has 0 saturated carbocycles. The van der Waals surface area contributed by atoms with Gasteiger partial charge < -0.3 is 10.5 Å². The molecule has 6 heteroatoms. The van der Waals surface area contributed by atoms with Crippen molar-refractivity contribution in [2.24, 2.45) is 0 Å². The van der Waals surface area contributed by atoms with E-state index >= 15 is 0 Å². The van der Waals surface area contributed by atoms with Crippen LogP contribution in [0.1, 0.15) is 5.82 Å². The van der Waals surface area contributed by atoms with Gasteiger partial charge in [0.25, 0.3) is 0 Å². The van der Waals surface area contributed by atoms with Crippen molar-refractivity contribution < 1.29 is 9.13 Å². The summed E-state index contributed by atoms with van der Waals surface area (Å²) in [6.45, 7) is 1.70. The number of ether oxygens (including phenoxy) is 1. The molecule has 4 nitrogen and oxygen atoms in total. The fraction of sp³-hybridized carbons (Fsp3) is 0.0909. The maximum Gasteiger partial charge on any atom is 0.224 e. The van der Waals surface area contributed by atoms with E-state index in [1.807, 2.05) is 0 Å². The fourth-order valence-electron chi connectivity index (χ4n) is 1.28. The Morgan fingerprint density at radius 3 is 2.71 bits per heavy atom. The van der Waals surface area contributed by atoms with Gasteiger partial charge in [-0.15, -0.1) is 0 Å². The van der Waals surface area contributed by atoms with Crippen LogP contribution in [0.2, 0.25) is 5.02 Å². The van der Waals surface area contributed by atoms with Gasteiger partial charge in [-0.25, -0.2) is 9.37 Å². The molecule has 0 aliphatic heterocycles. The summed E-state index contributed by atoms with van der Waals surface area (Å²) in [6, 6.07) is 5.51. The topological polar surface area (TPSA) is 61.0 Å². The van der Waals surface area contributed by atoms with Crippen molar-refractivity contribution in [1.29, 1.82) is 0 Å². The average molecular weight is 254 g/mol. The van der Waals surface area contributed by atoms with E-state index in [0.29, 0.717) is 17.4 Å². The van der Waals surface area contributed by atoms with Crippen LogP contribution >= 0.6 is 11.6 Å². The molecule has 0 aliphatic rings. The first-order valence-electron chi connectivity index (χ1n) is 4.78. The van der Waals surface area contributed by atoms with Gasteiger partial charge in [0.1, 0.15) is 23.2 Å². The summed E-state index contributed by atoms with van der Waals surface area (Å²) in [5, 5.41) is -0.0127. The SMILES string of the molecule is Cc1nc(N)cc(Oc2ccc(F)c(Cl)c2)n1. The molecule has 2 aromatic rings. The van der Waals surface area contributed by atoms with Gasteiger partial charge in [-0.05, 0) is 19.1 Å². The maximum atomic E-state index is 12.9. The lowest BCUT2D eigenvalue weighted by atomic mass is 10.3. The highest BCUT2D eigenvalue weighted by atomic mass is 35.5. The van der Waals surface area contributed by atoms with Gasteiger partial charge in [0, 0.05) is 12.1 Å². The lowest BCUT2D eigenvalue weighted by Gasteiger charge is -2.06. The van der Waals surface area contributed by atoms with Crippen LogP contribution in [0.15, 0.2) is 24.3 Å². The Morgan fingerprint density at radius 2 is 2.06 bits per heavy atom. The maximum absolute atomic E-state index is 12.9. The van der Waals surface area contributed by atoms with Crippen molar-refractivity contribution in [3.8, 4) is 11.6 Å². The van der Waals surface area contributed by atoms with Crippen LogP contribution in [0.3, 0.4) is 0 Å². The molecule has 0 saturated heterocycles. The van der Waals surface area contributed by atoms with E-state index in [9.17, 15) is 4.39 Å². The highest BCUT2D eigenvalue weighted by Crippen LogP contribution is 2.25. The number of nitrogens with zero attached hydrogens (tertiary/aromatic N) is 2. The molecule has 0 fully saturated rings. The lowest BCUT2D eigenvalue weighted by Crippen LogP contribution is -1.97. The van der Waals surface area contributed by atoms with Gasteiger partial charge >= 0.3 is 0 Å².